The number of rotatable bonds is 5. The highest BCUT2D eigenvalue weighted by Crippen LogP contribution is 2.43. The van der Waals surface area contributed by atoms with Crippen LogP contribution in [0.5, 0.6) is 0 Å². The molecule has 240 valence electrons. The molecule has 0 N–H and O–H groups in total. The second-order valence-corrected chi connectivity index (χ2v) is 12.9. The quantitative estimate of drug-likeness (QED) is 0.182. The third-order valence-electron chi connectivity index (χ3n) is 10.0. The Balaban J connectivity index is 1.50. The Bertz CT molecular complexity index is 2940. The van der Waals surface area contributed by atoms with E-state index in [9.17, 15) is 0 Å². The van der Waals surface area contributed by atoms with Gasteiger partial charge in [-0.1, -0.05) is 127 Å². The number of aromatic nitrogens is 3. The van der Waals surface area contributed by atoms with Crippen molar-refractivity contribution in [1.29, 1.82) is 0 Å². The van der Waals surface area contributed by atoms with Crippen LogP contribution in [0, 0.1) is 0 Å². The third-order valence-corrected chi connectivity index (χ3v) is 10.0. The summed E-state index contributed by atoms with van der Waals surface area (Å²) in [6.45, 7) is 0. The van der Waals surface area contributed by atoms with Crippen molar-refractivity contribution >= 4 is 43.7 Å². The number of nitrogens with zero attached hydrogens (tertiary/aromatic N) is 3. The maximum atomic E-state index is 15.5. The first-order chi connectivity index (χ1) is 25.3. The van der Waals surface area contributed by atoms with Crippen LogP contribution in [0.2, 0.25) is 0 Å². The number of fused-ring (bicyclic) bond motifs is 7. The average Bonchev–Trinajstić information content (AvgIpc) is 3.72. The number of benzene rings is 7. The molecule has 4 nitrogen and oxygen atoms in total. The number of pyridine rings is 1. The van der Waals surface area contributed by atoms with E-state index in [1.54, 1.807) is 0 Å². The minimum atomic E-state index is -0.0585. The maximum absolute atomic E-state index is 15.5. The first-order valence-electron chi connectivity index (χ1n) is 17.2. The fourth-order valence-corrected chi connectivity index (χ4v) is 7.80. The molecule has 0 aliphatic carbocycles. The Labute approximate surface area is 294 Å². The van der Waals surface area contributed by atoms with Crippen molar-refractivity contribution < 1.29 is 0 Å². The standard InChI is InChI=1S/C47H31N3O/c51-47-44-40-31-35(33-18-8-2-9-19-33)26-28-41(40)48(36-20-10-3-11-21-36)45(44)43-39-30-34(32-16-6-1-7-17-32)27-29-42(39)49(37-22-12-4-13-23-37)46(43)50(47)38-24-14-5-15-25-38/h1-31H. The lowest BCUT2D eigenvalue weighted by atomic mass is 10.0. The summed E-state index contributed by atoms with van der Waals surface area (Å²) < 4.78 is 6.48. The van der Waals surface area contributed by atoms with E-state index < -0.39 is 0 Å². The zero-order valence-corrected chi connectivity index (χ0v) is 27.6. The summed E-state index contributed by atoms with van der Waals surface area (Å²) in [6.07, 6.45) is 0. The minimum Gasteiger partial charge on any atom is -0.308 e. The van der Waals surface area contributed by atoms with E-state index >= 15 is 4.79 Å². The van der Waals surface area contributed by atoms with Crippen molar-refractivity contribution in [2.75, 3.05) is 0 Å². The number of hydrogen-bond acceptors (Lipinski definition) is 1. The normalized spacial score (nSPS) is 11.6. The lowest BCUT2D eigenvalue weighted by Crippen LogP contribution is -2.20. The van der Waals surface area contributed by atoms with Crippen molar-refractivity contribution in [3.8, 4) is 39.3 Å². The molecule has 0 bridgehead atoms. The highest BCUT2D eigenvalue weighted by Gasteiger charge is 2.27. The van der Waals surface area contributed by atoms with Gasteiger partial charge in [0.1, 0.15) is 5.65 Å². The van der Waals surface area contributed by atoms with Gasteiger partial charge in [-0.05, 0) is 82.9 Å². The molecule has 3 aromatic heterocycles. The first-order valence-corrected chi connectivity index (χ1v) is 17.2. The van der Waals surface area contributed by atoms with Crippen molar-refractivity contribution in [1.82, 2.24) is 13.7 Å². The highest BCUT2D eigenvalue weighted by atomic mass is 16.1. The predicted molar refractivity (Wildman–Crippen MR) is 212 cm³/mol. The Morgan fingerprint density at radius 2 is 0.725 bits per heavy atom. The minimum absolute atomic E-state index is 0.0585. The molecule has 0 spiro atoms. The Kier molecular flexibility index (Phi) is 6.61. The van der Waals surface area contributed by atoms with Crippen LogP contribution < -0.4 is 5.56 Å². The van der Waals surface area contributed by atoms with Crippen molar-refractivity contribution in [3.63, 3.8) is 0 Å². The van der Waals surface area contributed by atoms with E-state index in [4.69, 9.17) is 0 Å². The summed E-state index contributed by atoms with van der Waals surface area (Å²) in [5.74, 6) is 0. The predicted octanol–water partition coefficient (Wildman–Crippen LogP) is 11.4. The van der Waals surface area contributed by atoms with Gasteiger partial charge in [-0.15, -0.1) is 0 Å². The Morgan fingerprint density at radius 3 is 1.22 bits per heavy atom. The van der Waals surface area contributed by atoms with E-state index in [1.807, 2.05) is 59.2 Å². The molecule has 10 rings (SSSR count). The van der Waals surface area contributed by atoms with Gasteiger partial charge in [0.2, 0.25) is 0 Å². The lowest BCUT2D eigenvalue weighted by Gasteiger charge is -2.15. The molecule has 0 aliphatic heterocycles. The van der Waals surface area contributed by atoms with Gasteiger partial charge in [0.15, 0.2) is 0 Å². The van der Waals surface area contributed by atoms with Gasteiger partial charge in [0.05, 0.1) is 33.0 Å². The third kappa shape index (κ3) is 4.50. The summed E-state index contributed by atoms with van der Waals surface area (Å²) >= 11 is 0. The van der Waals surface area contributed by atoms with E-state index in [1.165, 1.54) is 0 Å². The molecular formula is C47H31N3O. The molecule has 4 heteroatoms. The lowest BCUT2D eigenvalue weighted by molar-refractivity contribution is 0.996. The van der Waals surface area contributed by atoms with Crippen LogP contribution >= 0.6 is 0 Å². The van der Waals surface area contributed by atoms with Crippen LogP contribution in [0.25, 0.3) is 83.1 Å². The van der Waals surface area contributed by atoms with Gasteiger partial charge in [-0.2, -0.15) is 0 Å². The monoisotopic (exact) mass is 653 g/mol. The molecule has 3 heterocycles. The molecule has 0 atom stereocenters. The second kappa shape index (κ2) is 11.6. The van der Waals surface area contributed by atoms with Gasteiger partial charge in [-0.25, -0.2) is 0 Å². The van der Waals surface area contributed by atoms with Crippen LogP contribution in [0.4, 0.5) is 0 Å². The van der Waals surface area contributed by atoms with Gasteiger partial charge in [0, 0.05) is 22.1 Å². The van der Waals surface area contributed by atoms with Crippen LogP contribution in [-0.2, 0) is 0 Å². The van der Waals surface area contributed by atoms with Gasteiger partial charge in [-0.3, -0.25) is 13.9 Å². The van der Waals surface area contributed by atoms with Gasteiger partial charge >= 0.3 is 0 Å². The Hall–Kier alpha value is -6.91. The molecule has 7 aromatic carbocycles. The molecular weight excluding hydrogens is 623 g/mol. The molecule has 0 amide bonds. The molecule has 0 saturated heterocycles. The zero-order valence-electron chi connectivity index (χ0n) is 27.6. The van der Waals surface area contributed by atoms with E-state index in [-0.39, 0.29) is 5.56 Å². The molecule has 0 unspecified atom stereocenters. The van der Waals surface area contributed by atoms with Gasteiger partial charge < -0.3 is 4.57 Å². The van der Waals surface area contributed by atoms with Crippen LogP contribution in [0.3, 0.4) is 0 Å². The summed E-state index contributed by atoms with van der Waals surface area (Å²) in [6, 6.07) is 65.0. The highest BCUT2D eigenvalue weighted by molar-refractivity contribution is 6.26. The molecule has 0 aliphatic rings. The molecule has 0 saturated carbocycles. The largest absolute Gasteiger partial charge is 0.308 e. The fourth-order valence-electron chi connectivity index (χ4n) is 7.80. The van der Waals surface area contributed by atoms with Crippen molar-refractivity contribution in [2.24, 2.45) is 0 Å². The van der Waals surface area contributed by atoms with Crippen LogP contribution in [0.15, 0.2) is 193 Å². The van der Waals surface area contributed by atoms with Crippen molar-refractivity contribution in [3.05, 3.63) is 198 Å². The molecule has 0 radical (unpaired) electrons. The second-order valence-electron chi connectivity index (χ2n) is 12.9. The fraction of sp³-hybridized carbons (Fsp3) is 0. The van der Waals surface area contributed by atoms with Crippen LogP contribution in [0.1, 0.15) is 0 Å². The van der Waals surface area contributed by atoms with Crippen LogP contribution in [-0.4, -0.2) is 13.7 Å². The van der Waals surface area contributed by atoms with E-state index in [2.05, 4.69) is 143 Å². The molecule has 10 aromatic rings. The average molecular weight is 654 g/mol. The summed E-state index contributed by atoms with van der Waals surface area (Å²) in [7, 11) is 0. The summed E-state index contributed by atoms with van der Waals surface area (Å²) in [5, 5.41) is 3.71. The van der Waals surface area contributed by atoms with Crippen molar-refractivity contribution in [2.45, 2.75) is 0 Å². The summed E-state index contributed by atoms with van der Waals surface area (Å²) in [5.41, 5.74) is 10.9. The Morgan fingerprint density at radius 1 is 0.333 bits per heavy atom. The maximum Gasteiger partial charge on any atom is 0.266 e. The number of para-hydroxylation sites is 3. The number of hydrogen-bond donors (Lipinski definition) is 0. The first kappa shape index (κ1) is 29.0. The van der Waals surface area contributed by atoms with E-state index in [0.717, 1.165) is 77.7 Å². The zero-order chi connectivity index (χ0) is 33.9. The topological polar surface area (TPSA) is 31.9 Å². The van der Waals surface area contributed by atoms with E-state index in [0.29, 0.717) is 5.39 Å². The van der Waals surface area contributed by atoms with Gasteiger partial charge in [0.25, 0.3) is 5.56 Å². The molecule has 51 heavy (non-hydrogen) atoms. The smallest absolute Gasteiger partial charge is 0.266 e. The SMILES string of the molecule is O=c1c2c3cc(-c4ccccc4)ccc3n(-c3ccccc3)c2c2c3cc(-c4ccccc4)ccc3n(-c3ccccc3)c2n1-c1ccccc1. The summed E-state index contributed by atoms with van der Waals surface area (Å²) in [4.78, 5) is 15.5. The molecule has 0 fully saturated rings.